The van der Waals surface area contributed by atoms with E-state index in [1.165, 1.54) is 4.80 Å². The number of ether oxygens (including phenoxy) is 2. The molecule has 2 heterocycles. The Morgan fingerprint density at radius 1 is 1.15 bits per heavy atom. The highest BCUT2D eigenvalue weighted by molar-refractivity contribution is 5.75. The molecule has 0 radical (unpaired) electrons. The quantitative estimate of drug-likeness (QED) is 0.696. The first kappa shape index (κ1) is 16.1. The SMILES string of the molecule is CN(Cc1ccc2c(c1)OCO2)C(=O)Cn1nnc(-c2ccccc2)n1. The van der Waals surface area contributed by atoms with E-state index in [0.29, 0.717) is 18.1 Å². The van der Waals surface area contributed by atoms with E-state index in [2.05, 4.69) is 15.4 Å². The Hall–Kier alpha value is -3.42. The van der Waals surface area contributed by atoms with Gasteiger partial charge in [0.25, 0.3) is 0 Å². The van der Waals surface area contributed by atoms with Gasteiger partial charge in [0, 0.05) is 19.2 Å². The molecule has 0 N–H and O–H groups in total. The summed E-state index contributed by atoms with van der Waals surface area (Å²) >= 11 is 0. The van der Waals surface area contributed by atoms with Gasteiger partial charge >= 0.3 is 0 Å². The van der Waals surface area contributed by atoms with Crippen molar-refractivity contribution < 1.29 is 14.3 Å². The maximum atomic E-state index is 12.4. The minimum Gasteiger partial charge on any atom is -0.454 e. The van der Waals surface area contributed by atoms with E-state index in [4.69, 9.17) is 9.47 Å². The summed E-state index contributed by atoms with van der Waals surface area (Å²) in [5.41, 5.74) is 1.82. The van der Waals surface area contributed by atoms with Gasteiger partial charge in [0.2, 0.25) is 18.5 Å². The number of benzene rings is 2. The summed E-state index contributed by atoms with van der Waals surface area (Å²) in [7, 11) is 1.74. The average Bonchev–Trinajstić information content (AvgIpc) is 3.31. The third-order valence-electron chi connectivity index (χ3n) is 4.04. The van der Waals surface area contributed by atoms with Gasteiger partial charge in [-0.15, -0.1) is 10.2 Å². The van der Waals surface area contributed by atoms with Crippen molar-refractivity contribution in [2.24, 2.45) is 0 Å². The van der Waals surface area contributed by atoms with Gasteiger partial charge in [0.15, 0.2) is 11.5 Å². The van der Waals surface area contributed by atoms with E-state index >= 15 is 0 Å². The van der Waals surface area contributed by atoms with E-state index in [1.807, 2.05) is 48.5 Å². The predicted octanol–water partition coefficient (Wildman–Crippen LogP) is 1.73. The summed E-state index contributed by atoms with van der Waals surface area (Å²) in [4.78, 5) is 15.4. The first-order chi connectivity index (χ1) is 12.7. The molecule has 4 rings (SSSR count). The molecule has 0 saturated carbocycles. The van der Waals surface area contributed by atoms with Crippen LogP contribution in [0.2, 0.25) is 0 Å². The zero-order chi connectivity index (χ0) is 17.9. The Kier molecular flexibility index (Phi) is 4.22. The number of carbonyl (C=O) groups is 1. The van der Waals surface area contributed by atoms with Crippen LogP contribution in [0.4, 0.5) is 0 Å². The fraction of sp³-hybridized carbons (Fsp3) is 0.222. The lowest BCUT2D eigenvalue weighted by Gasteiger charge is -2.17. The maximum Gasteiger partial charge on any atom is 0.246 e. The van der Waals surface area contributed by atoms with Gasteiger partial charge in [-0.25, -0.2) is 0 Å². The molecule has 0 atom stereocenters. The van der Waals surface area contributed by atoms with Crippen molar-refractivity contribution in [2.45, 2.75) is 13.1 Å². The normalized spacial score (nSPS) is 12.2. The van der Waals surface area contributed by atoms with E-state index in [-0.39, 0.29) is 19.2 Å². The number of rotatable bonds is 5. The fourth-order valence-electron chi connectivity index (χ4n) is 2.66. The number of tetrazole rings is 1. The van der Waals surface area contributed by atoms with Crippen LogP contribution < -0.4 is 9.47 Å². The molecule has 0 spiro atoms. The molecule has 0 unspecified atom stereocenters. The molecule has 1 aliphatic rings. The van der Waals surface area contributed by atoms with Crippen LogP contribution in [-0.4, -0.2) is 44.9 Å². The van der Waals surface area contributed by atoms with Crippen LogP contribution in [0.5, 0.6) is 11.5 Å². The molecular weight excluding hydrogens is 334 g/mol. The number of hydrogen-bond acceptors (Lipinski definition) is 6. The predicted molar refractivity (Wildman–Crippen MR) is 92.3 cm³/mol. The van der Waals surface area contributed by atoms with Gasteiger partial charge in [0.05, 0.1) is 0 Å². The van der Waals surface area contributed by atoms with Gasteiger partial charge in [-0.2, -0.15) is 4.80 Å². The molecular formula is C18H17N5O3. The molecule has 8 nitrogen and oxygen atoms in total. The van der Waals surface area contributed by atoms with Crippen LogP contribution in [0.3, 0.4) is 0 Å². The molecule has 0 saturated heterocycles. The Morgan fingerprint density at radius 2 is 1.96 bits per heavy atom. The van der Waals surface area contributed by atoms with Crippen LogP contribution in [0, 0.1) is 0 Å². The van der Waals surface area contributed by atoms with Crippen LogP contribution in [-0.2, 0) is 17.9 Å². The van der Waals surface area contributed by atoms with Gasteiger partial charge in [-0.1, -0.05) is 36.4 Å². The van der Waals surface area contributed by atoms with E-state index < -0.39 is 0 Å². The van der Waals surface area contributed by atoms with Crippen LogP contribution in [0.1, 0.15) is 5.56 Å². The zero-order valence-electron chi connectivity index (χ0n) is 14.2. The van der Waals surface area contributed by atoms with Crippen molar-refractivity contribution in [3.05, 3.63) is 54.1 Å². The molecule has 0 fully saturated rings. The topological polar surface area (TPSA) is 82.4 Å². The number of carbonyl (C=O) groups excluding carboxylic acids is 1. The molecule has 2 aromatic carbocycles. The molecule has 1 aliphatic heterocycles. The Morgan fingerprint density at radius 3 is 2.81 bits per heavy atom. The van der Waals surface area contributed by atoms with Crippen molar-refractivity contribution in [3.63, 3.8) is 0 Å². The summed E-state index contributed by atoms with van der Waals surface area (Å²) in [6, 6.07) is 15.2. The van der Waals surface area contributed by atoms with Gasteiger partial charge in [-0.05, 0) is 22.9 Å². The molecule has 26 heavy (non-hydrogen) atoms. The second-order valence-electron chi connectivity index (χ2n) is 5.95. The fourth-order valence-corrected chi connectivity index (χ4v) is 2.66. The van der Waals surface area contributed by atoms with Crippen molar-refractivity contribution in [2.75, 3.05) is 13.8 Å². The van der Waals surface area contributed by atoms with Crippen molar-refractivity contribution in [1.82, 2.24) is 25.1 Å². The standard InChI is InChI=1S/C18H17N5O3/c1-22(10-13-7-8-15-16(9-13)26-12-25-15)17(24)11-23-20-18(19-21-23)14-5-3-2-4-6-14/h2-9H,10-12H2,1H3. The molecule has 0 bridgehead atoms. The first-order valence-electron chi connectivity index (χ1n) is 8.15. The van der Waals surface area contributed by atoms with E-state index in [0.717, 1.165) is 16.9 Å². The molecule has 0 aliphatic carbocycles. The summed E-state index contributed by atoms with van der Waals surface area (Å²) in [6.45, 7) is 0.714. The Balaban J connectivity index is 1.39. The molecule has 1 aromatic heterocycles. The van der Waals surface area contributed by atoms with Gasteiger partial charge < -0.3 is 14.4 Å². The summed E-state index contributed by atoms with van der Waals surface area (Å²) < 4.78 is 10.7. The third-order valence-corrected chi connectivity index (χ3v) is 4.04. The second-order valence-corrected chi connectivity index (χ2v) is 5.95. The molecule has 1 amide bonds. The largest absolute Gasteiger partial charge is 0.454 e. The minimum atomic E-state index is -0.111. The van der Waals surface area contributed by atoms with Crippen molar-refractivity contribution in [3.8, 4) is 22.9 Å². The summed E-state index contributed by atoms with van der Waals surface area (Å²) in [6.07, 6.45) is 0. The number of aromatic nitrogens is 4. The summed E-state index contributed by atoms with van der Waals surface area (Å²) in [5.74, 6) is 1.81. The number of amides is 1. The number of nitrogens with zero attached hydrogens (tertiary/aromatic N) is 5. The highest BCUT2D eigenvalue weighted by atomic mass is 16.7. The molecule has 132 valence electrons. The smallest absolute Gasteiger partial charge is 0.246 e. The minimum absolute atomic E-state index is 0.0287. The summed E-state index contributed by atoms with van der Waals surface area (Å²) in [5, 5.41) is 12.2. The van der Waals surface area contributed by atoms with Crippen LogP contribution >= 0.6 is 0 Å². The van der Waals surface area contributed by atoms with Gasteiger partial charge in [0.1, 0.15) is 6.54 Å². The Bertz CT molecular complexity index is 926. The maximum absolute atomic E-state index is 12.4. The third kappa shape index (κ3) is 3.34. The van der Waals surface area contributed by atoms with Crippen molar-refractivity contribution >= 4 is 5.91 Å². The molecule has 8 heteroatoms. The average molecular weight is 351 g/mol. The lowest BCUT2D eigenvalue weighted by atomic mass is 10.2. The highest BCUT2D eigenvalue weighted by Crippen LogP contribution is 2.32. The lowest BCUT2D eigenvalue weighted by molar-refractivity contribution is -0.131. The first-order valence-corrected chi connectivity index (χ1v) is 8.15. The lowest BCUT2D eigenvalue weighted by Crippen LogP contribution is -2.30. The van der Waals surface area contributed by atoms with Crippen LogP contribution in [0.15, 0.2) is 48.5 Å². The Labute approximate surface area is 149 Å². The van der Waals surface area contributed by atoms with E-state index in [9.17, 15) is 4.79 Å². The number of likely N-dealkylation sites (N-methyl/N-ethyl adjacent to an activating group) is 1. The number of hydrogen-bond donors (Lipinski definition) is 0. The second kappa shape index (κ2) is 6.83. The number of fused-ring (bicyclic) bond motifs is 1. The monoisotopic (exact) mass is 351 g/mol. The van der Waals surface area contributed by atoms with E-state index in [1.54, 1.807) is 11.9 Å². The van der Waals surface area contributed by atoms with Crippen LogP contribution in [0.25, 0.3) is 11.4 Å². The van der Waals surface area contributed by atoms with Crippen molar-refractivity contribution in [1.29, 1.82) is 0 Å². The zero-order valence-corrected chi connectivity index (χ0v) is 14.2. The van der Waals surface area contributed by atoms with Gasteiger partial charge in [-0.3, -0.25) is 4.79 Å². The molecule has 3 aromatic rings. The highest BCUT2D eigenvalue weighted by Gasteiger charge is 2.16.